The molecule has 1 aromatic heterocycles. The van der Waals surface area contributed by atoms with Crippen LogP contribution in [0.1, 0.15) is 35.6 Å². The monoisotopic (exact) mass is 274 g/mol. The molecule has 18 heavy (non-hydrogen) atoms. The standard InChI is InChI=1S/C12H16F2N2OS/c1-12(2)4-7-10(8(17)5-12)18-11(15-7)16(3)6-9(13)14/h9H,4-6H2,1-3H3. The zero-order chi connectivity index (χ0) is 13.5. The van der Waals surface area contributed by atoms with E-state index >= 15 is 0 Å². The number of anilines is 1. The van der Waals surface area contributed by atoms with Crippen molar-refractivity contribution < 1.29 is 13.6 Å². The van der Waals surface area contributed by atoms with Gasteiger partial charge in [-0.15, -0.1) is 0 Å². The van der Waals surface area contributed by atoms with Gasteiger partial charge >= 0.3 is 0 Å². The minimum absolute atomic E-state index is 0.0791. The van der Waals surface area contributed by atoms with Gasteiger partial charge in [0.15, 0.2) is 10.9 Å². The lowest BCUT2D eigenvalue weighted by molar-refractivity contribution is 0.0916. The molecule has 0 N–H and O–H groups in total. The van der Waals surface area contributed by atoms with E-state index in [1.807, 2.05) is 13.8 Å². The molecule has 0 saturated heterocycles. The molecule has 2 rings (SSSR count). The van der Waals surface area contributed by atoms with Gasteiger partial charge < -0.3 is 4.90 Å². The van der Waals surface area contributed by atoms with Crippen LogP contribution in [0.15, 0.2) is 0 Å². The van der Waals surface area contributed by atoms with Crippen LogP contribution in [0.5, 0.6) is 0 Å². The number of rotatable bonds is 3. The first-order valence-electron chi connectivity index (χ1n) is 5.81. The number of carbonyl (C=O) groups excluding carboxylic acids is 1. The quantitative estimate of drug-likeness (QED) is 0.849. The molecule has 1 heterocycles. The number of nitrogens with zero attached hydrogens (tertiary/aromatic N) is 2. The minimum Gasteiger partial charge on any atom is -0.345 e. The Morgan fingerprint density at radius 2 is 2.11 bits per heavy atom. The predicted molar refractivity (Wildman–Crippen MR) is 67.8 cm³/mol. The molecule has 6 heteroatoms. The van der Waals surface area contributed by atoms with Gasteiger partial charge in [-0.05, 0) is 11.8 Å². The molecule has 1 aromatic rings. The van der Waals surface area contributed by atoms with Crippen molar-refractivity contribution in [2.24, 2.45) is 5.41 Å². The van der Waals surface area contributed by atoms with E-state index in [4.69, 9.17) is 0 Å². The Morgan fingerprint density at radius 1 is 1.44 bits per heavy atom. The van der Waals surface area contributed by atoms with Gasteiger partial charge in [0.1, 0.15) is 0 Å². The van der Waals surface area contributed by atoms with Crippen molar-refractivity contribution in [3.63, 3.8) is 0 Å². The number of hydrogen-bond donors (Lipinski definition) is 0. The smallest absolute Gasteiger partial charge is 0.255 e. The van der Waals surface area contributed by atoms with Crippen LogP contribution in [0.4, 0.5) is 13.9 Å². The first-order valence-corrected chi connectivity index (χ1v) is 6.62. The summed E-state index contributed by atoms with van der Waals surface area (Å²) in [5.41, 5.74) is 0.675. The molecule has 0 aromatic carbocycles. The van der Waals surface area contributed by atoms with E-state index in [2.05, 4.69) is 4.98 Å². The number of hydrogen-bond acceptors (Lipinski definition) is 4. The number of fused-ring (bicyclic) bond motifs is 1. The van der Waals surface area contributed by atoms with E-state index in [-0.39, 0.29) is 17.7 Å². The number of Topliss-reactive ketones (excluding diaryl/α,β-unsaturated/α-hetero) is 1. The Bertz CT molecular complexity index is 471. The highest BCUT2D eigenvalue weighted by Crippen LogP contribution is 2.39. The van der Waals surface area contributed by atoms with Crippen LogP contribution in [0.2, 0.25) is 0 Å². The van der Waals surface area contributed by atoms with Crippen molar-refractivity contribution in [2.75, 3.05) is 18.5 Å². The summed E-state index contributed by atoms with van der Waals surface area (Å²) in [7, 11) is 1.58. The maximum Gasteiger partial charge on any atom is 0.255 e. The predicted octanol–water partition coefficient (Wildman–Crippen LogP) is 3.00. The van der Waals surface area contributed by atoms with Crippen molar-refractivity contribution in [3.05, 3.63) is 10.6 Å². The number of thiazole rings is 1. The van der Waals surface area contributed by atoms with E-state index < -0.39 is 6.43 Å². The maximum atomic E-state index is 12.3. The fourth-order valence-corrected chi connectivity index (χ4v) is 3.15. The highest BCUT2D eigenvalue weighted by molar-refractivity contribution is 7.17. The lowest BCUT2D eigenvalue weighted by Crippen LogP contribution is -2.26. The molecule has 0 radical (unpaired) electrons. The van der Waals surface area contributed by atoms with E-state index in [0.29, 0.717) is 16.4 Å². The number of carbonyl (C=O) groups is 1. The van der Waals surface area contributed by atoms with Gasteiger partial charge in [0.05, 0.1) is 17.1 Å². The molecule has 0 atom stereocenters. The maximum absolute atomic E-state index is 12.3. The molecule has 0 fully saturated rings. The van der Waals surface area contributed by atoms with E-state index in [1.54, 1.807) is 7.05 Å². The van der Waals surface area contributed by atoms with Crippen LogP contribution in [0.25, 0.3) is 0 Å². The highest BCUT2D eigenvalue weighted by atomic mass is 32.1. The summed E-state index contributed by atoms with van der Waals surface area (Å²) in [6.07, 6.45) is -1.17. The Labute approximate surface area is 109 Å². The molecule has 0 unspecified atom stereocenters. The van der Waals surface area contributed by atoms with Gasteiger partial charge in [0.2, 0.25) is 0 Å². The van der Waals surface area contributed by atoms with Gasteiger partial charge in [-0.1, -0.05) is 25.2 Å². The molecular weight excluding hydrogens is 258 g/mol. The van der Waals surface area contributed by atoms with Crippen molar-refractivity contribution in [3.8, 4) is 0 Å². The van der Waals surface area contributed by atoms with E-state index in [0.717, 1.165) is 12.1 Å². The largest absolute Gasteiger partial charge is 0.345 e. The summed E-state index contributed by atoms with van der Waals surface area (Å²) in [5.74, 6) is 0.0791. The third kappa shape index (κ3) is 2.68. The summed E-state index contributed by atoms with van der Waals surface area (Å²) in [5, 5.41) is 0.506. The summed E-state index contributed by atoms with van der Waals surface area (Å²) in [6, 6.07) is 0. The summed E-state index contributed by atoms with van der Waals surface area (Å²) < 4.78 is 24.6. The first-order chi connectivity index (χ1) is 8.28. The molecule has 0 spiro atoms. The Kier molecular flexibility index (Phi) is 3.40. The second kappa shape index (κ2) is 4.57. The molecular formula is C12H16F2N2OS. The molecule has 100 valence electrons. The molecule has 1 aliphatic rings. The summed E-state index contributed by atoms with van der Waals surface area (Å²) >= 11 is 1.23. The van der Waals surface area contributed by atoms with Gasteiger partial charge in [-0.25, -0.2) is 13.8 Å². The lowest BCUT2D eigenvalue weighted by atomic mass is 9.78. The normalized spacial score (nSPS) is 18.0. The molecule has 0 saturated carbocycles. The average Bonchev–Trinajstić information content (AvgIpc) is 2.58. The van der Waals surface area contributed by atoms with Crippen molar-refractivity contribution in [1.29, 1.82) is 0 Å². The average molecular weight is 274 g/mol. The Hall–Kier alpha value is -1.04. The van der Waals surface area contributed by atoms with E-state index in [9.17, 15) is 13.6 Å². The summed E-state index contributed by atoms with van der Waals surface area (Å²) in [4.78, 5) is 18.4. The molecule has 0 aliphatic heterocycles. The Balaban J connectivity index is 2.26. The van der Waals surface area contributed by atoms with Gasteiger partial charge in [0, 0.05) is 13.5 Å². The van der Waals surface area contributed by atoms with Gasteiger partial charge in [0.25, 0.3) is 6.43 Å². The number of aromatic nitrogens is 1. The third-order valence-corrected chi connectivity index (χ3v) is 4.22. The van der Waals surface area contributed by atoms with Crippen molar-refractivity contribution in [1.82, 2.24) is 4.98 Å². The minimum atomic E-state index is -2.40. The first kappa shape index (κ1) is 13.4. The second-order valence-electron chi connectivity index (χ2n) is 5.48. The third-order valence-electron chi connectivity index (χ3n) is 2.96. The molecule has 3 nitrogen and oxygen atoms in total. The molecule has 0 amide bonds. The van der Waals surface area contributed by atoms with Crippen LogP contribution >= 0.6 is 11.3 Å². The molecule has 0 bridgehead atoms. The van der Waals surface area contributed by atoms with Crippen LogP contribution < -0.4 is 4.90 Å². The number of halogens is 2. The zero-order valence-corrected chi connectivity index (χ0v) is 11.5. The van der Waals surface area contributed by atoms with Crippen LogP contribution in [-0.4, -0.2) is 30.8 Å². The van der Waals surface area contributed by atoms with Crippen molar-refractivity contribution >= 4 is 22.3 Å². The van der Waals surface area contributed by atoms with Gasteiger partial charge in [-0.2, -0.15) is 0 Å². The fraction of sp³-hybridized carbons (Fsp3) is 0.667. The zero-order valence-electron chi connectivity index (χ0n) is 10.7. The van der Waals surface area contributed by atoms with E-state index in [1.165, 1.54) is 16.2 Å². The van der Waals surface area contributed by atoms with Crippen LogP contribution in [0.3, 0.4) is 0 Å². The number of alkyl halides is 2. The van der Waals surface area contributed by atoms with Gasteiger partial charge in [-0.3, -0.25) is 4.79 Å². The fourth-order valence-electron chi connectivity index (χ4n) is 2.16. The SMILES string of the molecule is CN(CC(F)F)c1nc2c(s1)C(=O)CC(C)(C)C2. The Morgan fingerprint density at radius 3 is 2.72 bits per heavy atom. The highest BCUT2D eigenvalue weighted by Gasteiger charge is 2.34. The number of ketones is 1. The summed E-state index contributed by atoms with van der Waals surface area (Å²) in [6.45, 7) is 3.69. The van der Waals surface area contributed by atoms with Crippen molar-refractivity contribution in [2.45, 2.75) is 33.1 Å². The molecule has 1 aliphatic carbocycles. The second-order valence-corrected chi connectivity index (χ2v) is 6.46. The van der Waals surface area contributed by atoms with Crippen LogP contribution in [0, 0.1) is 5.41 Å². The topological polar surface area (TPSA) is 33.2 Å². The van der Waals surface area contributed by atoms with Crippen LogP contribution in [-0.2, 0) is 6.42 Å². The lowest BCUT2D eigenvalue weighted by Gasteiger charge is -2.26.